The molecule has 0 aliphatic carbocycles. The molecule has 23 heteroatoms. The van der Waals surface area contributed by atoms with Crippen LogP contribution in [0.3, 0.4) is 0 Å². The molecular weight excluding hydrogens is 1220 g/mol. The number of benzene rings is 6. The molecule has 0 bridgehead atoms. The molecule has 0 unspecified atom stereocenters. The number of primary amides is 3. The van der Waals surface area contributed by atoms with Crippen LogP contribution >= 0.6 is 0 Å². The van der Waals surface area contributed by atoms with E-state index in [-0.39, 0.29) is 53.2 Å². The number of pyridine rings is 3. The molecule has 0 radical (unpaired) electrons. The van der Waals surface area contributed by atoms with Gasteiger partial charge in [-0.15, -0.1) is 6.42 Å². The molecule has 23 nitrogen and oxygen atoms in total. The van der Waals surface area contributed by atoms with Gasteiger partial charge in [-0.05, 0) is 120 Å². The molecule has 6 heterocycles. The predicted molar refractivity (Wildman–Crippen MR) is 353 cm³/mol. The number of hydrogen-bond donors (Lipinski definition) is 3. The fourth-order valence-corrected chi connectivity index (χ4v) is 11.0. The lowest BCUT2D eigenvalue weighted by Gasteiger charge is -2.18. The lowest BCUT2D eigenvalue weighted by molar-refractivity contribution is -0.118. The average Bonchev–Trinajstić information content (AvgIpc) is 1.63. The third-order valence-corrected chi connectivity index (χ3v) is 16.0. The van der Waals surface area contributed by atoms with Crippen LogP contribution in [0.15, 0.2) is 182 Å². The van der Waals surface area contributed by atoms with Gasteiger partial charge in [0.15, 0.2) is 34.5 Å². The van der Waals surface area contributed by atoms with Crippen molar-refractivity contribution >= 4 is 52.8 Å². The first-order valence-corrected chi connectivity index (χ1v) is 29.8. The Morgan fingerprint density at radius 2 is 0.906 bits per heavy atom. The third-order valence-electron chi connectivity index (χ3n) is 16.0. The Morgan fingerprint density at radius 1 is 0.469 bits per heavy atom. The highest BCUT2D eigenvalue weighted by molar-refractivity contribution is 6.00. The van der Waals surface area contributed by atoms with E-state index in [0.717, 1.165) is 16.7 Å². The zero-order chi connectivity index (χ0) is 68.0. The van der Waals surface area contributed by atoms with Gasteiger partial charge in [0.25, 0.3) is 5.91 Å². The van der Waals surface area contributed by atoms with E-state index >= 15 is 0 Å². The van der Waals surface area contributed by atoms with Crippen molar-refractivity contribution in [1.29, 1.82) is 10.5 Å². The van der Waals surface area contributed by atoms with Crippen LogP contribution in [-0.4, -0.2) is 91.4 Å². The monoisotopic (exact) mass is 1280 g/mol. The van der Waals surface area contributed by atoms with Crippen molar-refractivity contribution in [3.63, 3.8) is 0 Å². The van der Waals surface area contributed by atoms with Crippen LogP contribution in [0.2, 0.25) is 0 Å². The minimum absolute atomic E-state index is 0.0773. The van der Waals surface area contributed by atoms with Crippen molar-refractivity contribution in [1.82, 2.24) is 15.0 Å². The van der Waals surface area contributed by atoms with Crippen molar-refractivity contribution in [3.05, 3.63) is 233 Å². The fraction of sp³-hybridized carbons (Fsp3) is 0.164. The second-order valence-corrected chi connectivity index (χ2v) is 21.9. The summed E-state index contributed by atoms with van der Waals surface area (Å²) < 4.78 is 34.3. The molecule has 96 heavy (non-hydrogen) atoms. The second kappa shape index (κ2) is 29.9. The summed E-state index contributed by atoms with van der Waals surface area (Å²) in [6.07, 6.45) is 10.8. The smallest absolute Gasteiger partial charge is 0.267 e. The SMILES string of the molecule is C#Cc1ccccc1Oc1cc([C@H]2CC(=O)N(c3cccc(C(N)=O)n3)C2)ccc1OC.COc1ccc([C@H]2CC(=O)N(c3cc(C(N)=O)ccn3)C2)cc1Oc1ccccc1C#N.COc1ccc([C@H]2CC(=O)N(c3cncc(C(N)=O)c3)C2)cc1Oc1ccccc1C#N. The summed E-state index contributed by atoms with van der Waals surface area (Å²) in [7, 11) is 4.64. The number of carbonyl (C=O) groups is 6. The first-order chi connectivity index (χ1) is 46.5. The van der Waals surface area contributed by atoms with Gasteiger partial charge in [-0.2, -0.15) is 10.5 Å². The number of rotatable bonds is 18. The molecule has 3 aliphatic heterocycles. The number of amides is 6. The Kier molecular flexibility index (Phi) is 20.5. The summed E-state index contributed by atoms with van der Waals surface area (Å²) >= 11 is 0. The maximum Gasteiger partial charge on any atom is 0.267 e. The van der Waals surface area contributed by atoms with Gasteiger partial charge < -0.3 is 50.5 Å². The van der Waals surface area contributed by atoms with Gasteiger partial charge in [0.2, 0.25) is 29.5 Å². The highest BCUT2D eigenvalue weighted by Crippen LogP contribution is 2.43. The van der Waals surface area contributed by atoms with E-state index in [0.29, 0.717) is 124 Å². The fourth-order valence-electron chi connectivity index (χ4n) is 11.0. The minimum Gasteiger partial charge on any atom is -0.493 e. The van der Waals surface area contributed by atoms with Gasteiger partial charge in [-0.3, -0.25) is 43.6 Å². The molecule has 9 aromatic rings. The maximum atomic E-state index is 12.7. The summed E-state index contributed by atoms with van der Waals surface area (Å²) in [5.74, 6) is 5.41. The molecule has 6 N–H and O–H groups in total. The van der Waals surface area contributed by atoms with Crippen molar-refractivity contribution < 1.29 is 57.2 Å². The zero-order valence-electron chi connectivity index (χ0n) is 52.1. The highest BCUT2D eigenvalue weighted by Gasteiger charge is 2.36. The number of terminal acetylenes is 1. The molecule has 3 atom stereocenters. The number of nitrogens with two attached hydrogens (primary N) is 3. The van der Waals surface area contributed by atoms with Gasteiger partial charge in [0.05, 0.1) is 55.5 Å². The van der Waals surface area contributed by atoms with Crippen LogP contribution in [0, 0.1) is 35.0 Å². The highest BCUT2D eigenvalue weighted by atomic mass is 16.5. The van der Waals surface area contributed by atoms with Crippen molar-refractivity contribution in [3.8, 4) is 76.2 Å². The van der Waals surface area contributed by atoms with Crippen LogP contribution in [0.4, 0.5) is 17.3 Å². The predicted octanol–water partition coefficient (Wildman–Crippen LogP) is 10.2. The number of aromatic nitrogens is 3. The molecule has 3 aliphatic rings. The van der Waals surface area contributed by atoms with Crippen molar-refractivity contribution in [2.24, 2.45) is 17.2 Å². The van der Waals surface area contributed by atoms with Crippen molar-refractivity contribution in [2.75, 3.05) is 55.7 Å². The average molecular weight is 1280 g/mol. The molecule has 0 saturated carbocycles. The van der Waals surface area contributed by atoms with E-state index in [1.54, 1.807) is 113 Å². The number of ether oxygens (including phenoxy) is 6. The number of anilines is 3. The van der Waals surface area contributed by atoms with Crippen molar-refractivity contribution in [2.45, 2.75) is 37.0 Å². The molecule has 12 rings (SSSR count). The van der Waals surface area contributed by atoms with Gasteiger partial charge >= 0.3 is 0 Å². The maximum absolute atomic E-state index is 12.7. The van der Waals surface area contributed by atoms with Gasteiger partial charge in [-0.1, -0.05) is 66.6 Å². The Morgan fingerprint density at radius 3 is 1.35 bits per heavy atom. The van der Waals surface area contributed by atoms with E-state index in [4.69, 9.17) is 52.0 Å². The van der Waals surface area contributed by atoms with Gasteiger partial charge in [0, 0.05) is 74.6 Å². The first-order valence-electron chi connectivity index (χ1n) is 29.8. The van der Waals surface area contributed by atoms with Crippen LogP contribution in [0.25, 0.3) is 0 Å². The van der Waals surface area contributed by atoms with E-state index in [2.05, 4.69) is 33.0 Å². The Labute approximate surface area is 551 Å². The molecule has 6 aromatic carbocycles. The molecule has 0 spiro atoms. The number of para-hydroxylation sites is 3. The third kappa shape index (κ3) is 15.1. The molecule has 480 valence electrons. The van der Waals surface area contributed by atoms with E-state index < -0.39 is 17.7 Å². The van der Waals surface area contributed by atoms with Gasteiger partial charge in [-0.25, -0.2) is 9.97 Å². The van der Waals surface area contributed by atoms with Crippen LogP contribution in [0.5, 0.6) is 51.7 Å². The Bertz CT molecular complexity index is 4160. The summed E-state index contributed by atoms with van der Waals surface area (Å²) in [5.41, 5.74) is 21.3. The lowest BCUT2D eigenvalue weighted by atomic mass is 9.98. The number of nitrogens with zero attached hydrogens (tertiary/aromatic N) is 8. The second-order valence-electron chi connectivity index (χ2n) is 21.9. The first kappa shape index (κ1) is 65.9. The van der Waals surface area contributed by atoms with Crippen LogP contribution in [0.1, 0.15) is 102 Å². The largest absolute Gasteiger partial charge is 0.493 e. The molecule has 3 fully saturated rings. The van der Waals surface area contributed by atoms with E-state index in [1.807, 2.05) is 54.6 Å². The van der Waals surface area contributed by atoms with Gasteiger partial charge in [0.1, 0.15) is 46.7 Å². The minimum atomic E-state index is -0.640. The summed E-state index contributed by atoms with van der Waals surface area (Å²) in [5, 5.41) is 18.7. The van der Waals surface area contributed by atoms with Crippen LogP contribution in [-0.2, 0) is 14.4 Å². The normalized spacial score (nSPS) is 15.3. The standard InChI is InChI=1S/C25H21N3O4.2C24H20N4O4/c1-3-16-7-4-5-9-20(16)32-22-13-17(11-12-21(22)31-2)18-14-24(29)28(15-18)23-10-6-8-19(27-23)25(26)30;1-31-21-7-6-15(9-22(21)32-20-5-3-2-4-16(20)11-25)18-10-23(29)28(14-18)19-8-17(24(26)30)12-27-13-19;1-31-20-7-6-15(10-21(20)32-19-5-3-2-4-17(19)13-25)18-12-23(29)28(14-18)22-11-16(24(26)30)8-9-27-22/h1,4-13,18H,14-15H2,2H3,(H2,26,30);2-9,12-13,18H,10,14H2,1H3,(H2,26,30);2-11,18H,12,14H2,1H3,(H2,26,30)/t3*18-/m000/s1. The van der Waals surface area contributed by atoms with E-state index in [9.17, 15) is 39.3 Å². The lowest BCUT2D eigenvalue weighted by Crippen LogP contribution is -2.26. The Balaban J connectivity index is 0.000000157. The van der Waals surface area contributed by atoms with Crippen LogP contribution < -0.4 is 60.3 Å². The number of carbonyl (C=O) groups excluding carboxylic acids is 6. The number of methoxy groups -OCH3 is 3. The Hall–Kier alpha value is -13.1. The number of nitriles is 2. The molecular formula is C73H61N11O12. The zero-order valence-corrected chi connectivity index (χ0v) is 52.1. The molecule has 3 saturated heterocycles. The van der Waals surface area contributed by atoms with E-state index in [1.165, 1.54) is 51.0 Å². The summed E-state index contributed by atoms with van der Waals surface area (Å²) in [6.45, 7) is 1.23. The summed E-state index contributed by atoms with van der Waals surface area (Å²) in [4.78, 5) is 89.7. The quantitative estimate of drug-likeness (QED) is 0.0672. The molecule has 6 amide bonds. The topological polar surface area (TPSA) is 332 Å². The summed E-state index contributed by atoms with van der Waals surface area (Å²) in [6, 6.07) is 51.4. The molecule has 3 aromatic heterocycles. The number of hydrogen-bond acceptors (Lipinski definition) is 17.